The number of hydrogen-bond acceptors (Lipinski definition) is 5. The van der Waals surface area contributed by atoms with E-state index in [2.05, 4.69) is 10.1 Å². The van der Waals surface area contributed by atoms with Crippen molar-refractivity contribution in [2.24, 2.45) is 0 Å². The van der Waals surface area contributed by atoms with Crippen LogP contribution in [0.1, 0.15) is 15.9 Å². The van der Waals surface area contributed by atoms with E-state index in [-0.39, 0.29) is 5.97 Å². The topological polar surface area (TPSA) is 56.8 Å². The molecule has 18 heavy (non-hydrogen) atoms. The Balaban J connectivity index is 2.28. The maximum atomic E-state index is 11.5. The number of rotatable bonds is 3. The minimum absolute atomic E-state index is 0.370. The molecular formula is C13H15NO4. The fourth-order valence-corrected chi connectivity index (χ4v) is 1.70. The van der Waals surface area contributed by atoms with Gasteiger partial charge >= 0.3 is 5.97 Å². The molecule has 96 valence electrons. The highest BCUT2D eigenvalue weighted by Crippen LogP contribution is 2.25. The molecule has 0 aliphatic carbocycles. The molecule has 1 aromatic rings. The van der Waals surface area contributed by atoms with Gasteiger partial charge in [0.2, 0.25) is 0 Å². The van der Waals surface area contributed by atoms with Gasteiger partial charge in [0, 0.05) is 25.4 Å². The number of carbonyl (C=O) groups excluding carboxylic acids is 1. The summed E-state index contributed by atoms with van der Waals surface area (Å²) in [6.45, 7) is 1.01. The molecule has 0 unspecified atom stereocenters. The monoisotopic (exact) mass is 249 g/mol. The van der Waals surface area contributed by atoms with E-state index in [9.17, 15) is 4.79 Å². The molecule has 1 aromatic carbocycles. The number of methoxy groups -OCH3 is 2. The van der Waals surface area contributed by atoms with Crippen molar-refractivity contribution in [2.75, 3.05) is 20.8 Å². The lowest BCUT2D eigenvalue weighted by molar-refractivity contribution is 0.0600. The minimum atomic E-state index is -0.379. The molecular weight excluding hydrogens is 234 g/mol. The van der Waals surface area contributed by atoms with Crippen molar-refractivity contribution in [1.29, 1.82) is 0 Å². The molecule has 1 aliphatic rings. The van der Waals surface area contributed by atoms with Crippen molar-refractivity contribution in [1.82, 2.24) is 5.32 Å². The first-order chi connectivity index (χ1) is 8.74. The second-order valence-electron chi connectivity index (χ2n) is 3.84. The maximum absolute atomic E-state index is 11.5. The predicted molar refractivity (Wildman–Crippen MR) is 65.2 cm³/mol. The highest BCUT2D eigenvalue weighted by Gasteiger charge is 2.14. The zero-order valence-corrected chi connectivity index (χ0v) is 10.4. The summed E-state index contributed by atoms with van der Waals surface area (Å²) >= 11 is 0. The largest absolute Gasteiger partial charge is 0.465 e. The quantitative estimate of drug-likeness (QED) is 0.821. The van der Waals surface area contributed by atoms with Crippen LogP contribution in [0.5, 0.6) is 5.75 Å². The van der Waals surface area contributed by atoms with E-state index in [1.165, 1.54) is 7.11 Å². The van der Waals surface area contributed by atoms with E-state index >= 15 is 0 Å². The number of ether oxygens (including phenoxy) is 3. The SMILES string of the molecule is COCC1=CNCc2ccc(C(=O)OC)cc2O1. The Bertz CT molecular complexity index is 482. The molecule has 0 radical (unpaired) electrons. The zero-order valence-electron chi connectivity index (χ0n) is 10.4. The van der Waals surface area contributed by atoms with E-state index in [0.29, 0.717) is 30.2 Å². The Morgan fingerprint density at radius 3 is 3.00 bits per heavy atom. The summed E-state index contributed by atoms with van der Waals surface area (Å²) in [5.41, 5.74) is 1.44. The van der Waals surface area contributed by atoms with E-state index in [4.69, 9.17) is 9.47 Å². The number of fused-ring (bicyclic) bond motifs is 1. The van der Waals surface area contributed by atoms with Gasteiger partial charge in [-0.05, 0) is 12.1 Å². The van der Waals surface area contributed by atoms with Crippen molar-refractivity contribution < 1.29 is 19.0 Å². The lowest BCUT2D eigenvalue weighted by Gasteiger charge is -2.10. The normalized spacial score (nSPS) is 13.6. The van der Waals surface area contributed by atoms with Crippen LogP contribution in [0, 0.1) is 0 Å². The average molecular weight is 249 g/mol. The van der Waals surface area contributed by atoms with Crippen LogP contribution in [-0.4, -0.2) is 26.8 Å². The molecule has 0 aromatic heterocycles. The minimum Gasteiger partial charge on any atom is -0.465 e. The smallest absolute Gasteiger partial charge is 0.337 e. The van der Waals surface area contributed by atoms with E-state index < -0.39 is 0 Å². The van der Waals surface area contributed by atoms with Gasteiger partial charge in [0.05, 0.1) is 12.7 Å². The molecule has 0 saturated heterocycles. The van der Waals surface area contributed by atoms with Crippen molar-refractivity contribution >= 4 is 5.97 Å². The second kappa shape index (κ2) is 5.55. The highest BCUT2D eigenvalue weighted by molar-refractivity contribution is 5.89. The number of carbonyl (C=O) groups is 1. The van der Waals surface area contributed by atoms with Gasteiger partial charge in [0.25, 0.3) is 0 Å². The molecule has 2 rings (SSSR count). The summed E-state index contributed by atoms with van der Waals surface area (Å²) in [7, 11) is 2.95. The maximum Gasteiger partial charge on any atom is 0.337 e. The lowest BCUT2D eigenvalue weighted by atomic mass is 10.1. The number of benzene rings is 1. The van der Waals surface area contributed by atoms with Gasteiger partial charge in [0.1, 0.15) is 18.1 Å². The van der Waals surface area contributed by atoms with Crippen LogP contribution in [0.3, 0.4) is 0 Å². The van der Waals surface area contributed by atoms with Gasteiger partial charge < -0.3 is 19.5 Å². The molecule has 0 saturated carbocycles. The Labute approximate surface area is 105 Å². The third-order valence-electron chi connectivity index (χ3n) is 2.57. The molecule has 1 heterocycles. The molecule has 0 amide bonds. The van der Waals surface area contributed by atoms with Crippen LogP contribution in [0.2, 0.25) is 0 Å². The van der Waals surface area contributed by atoms with E-state index in [1.807, 2.05) is 6.07 Å². The standard InChI is InChI=1S/C13H15NO4/c1-16-8-11-7-14-6-10-4-3-9(13(15)17-2)5-12(10)18-11/h3-5,7,14H,6,8H2,1-2H3. The first-order valence-electron chi connectivity index (χ1n) is 5.55. The summed E-state index contributed by atoms with van der Waals surface area (Å²) in [6, 6.07) is 5.24. The van der Waals surface area contributed by atoms with Gasteiger partial charge in [0.15, 0.2) is 0 Å². The van der Waals surface area contributed by atoms with Gasteiger partial charge in [-0.2, -0.15) is 0 Å². The van der Waals surface area contributed by atoms with Gasteiger partial charge in [-0.1, -0.05) is 6.07 Å². The summed E-state index contributed by atoms with van der Waals surface area (Å²) in [6.07, 6.45) is 1.77. The number of nitrogens with one attached hydrogen (secondary N) is 1. The first-order valence-corrected chi connectivity index (χ1v) is 5.55. The summed E-state index contributed by atoms with van der Waals surface area (Å²) in [4.78, 5) is 11.5. The number of hydrogen-bond donors (Lipinski definition) is 1. The Hall–Kier alpha value is -2.01. The Morgan fingerprint density at radius 2 is 2.28 bits per heavy atom. The van der Waals surface area contributed by atoms with Gasteiger partial charge in [-0.25, -0.2) is 4.79 Å². The highest BCUT2D eigenvalue weighted by atomic mass is 16.5. The van der Waals surface area contributed by atoms with Gasteiger partial charge in [-0.15, -0.1) is 0 Å². The summed E-state index contributed by atoms with van der Waals surface area (Å²) in [5, 5.41) is 3.12. The molecule has 1 N–H and O–H groups in total. The zero-order chi connectivity index (χ0) is 13.0. The molecule has 5 nitrogen and oxygen atoms in total. The Morgan fingerprint density at radius 1 is 1.44 bits per heavy atom. The summed E-state index contributed by atoms with van der Waals surface area (Å²) < 4.78 is 15.4. The van der Waals surface area contributed by atoms with Crippen molar-refractivity contribution in [3.63, 3.8) is 0 Å². The molecule has 5 heteroatoms. The lowest BCUT2D eigenvalue weighted by Crippen LogP contribution is -2.06. The second-order valence-corrected chi connectivity index (χ2v) is 3.84. The molecule has 0 bridgehead atoms. The number of esters is 1. The first kappa shape index (κ1) is 12.4. The summed E-state index contributed by atoms with van der Waals surface area (Å²) in [5.74, 6) is 0.931. The van der Waals surface area contributed by atoms with Crippen molar-refractivity contribution in [2.45, 2.75) is 6.54 Å². The molecule has 1 aliphatic heterocycles. The molecule has 0 atom stereocenters. The van der Waals surface area contributed by atoms with Crippen LogP contribution in [-0.2, 0) is 16.0 Å². The third-order valence-corrected chi connectivity index (χ3v) is 2.57. The fraction of sp³-hybridized carbons (Fsp3) is 0.308. The van der Waals surface area contributed by atoms with E-state index in [0.717, 1.165) is 5.56 Å². The van der Waals surface area contributed by atoms with Gasteiger partial charge in [-0.3, -0.25) is 0 Å². The molecule has 0 fully saturated rings. The van der Waals surface area contributed by atoms with Crippen LogP contribution < -0.4 is 10.1 Å². The van der Waals surface area contributed by atoms with Crippen molar-refractivity contribution in [3.05, 3.63) is 41.3 Å². The predicted octanol–water partition coefficient (Wildman–Crippen LogP) is 1.44. The average Bonchev–Trinajstić information content (AvgIpc) is 2.59. The van der Waals surface area contributed by atoms with E-state index in [1.54, 1.807) is 25.4 Å². The fourth-order valence-electron chi connectivity index (χ4n) is 1.70. The molecule has 0 spiro atoms. The third kappa shape index (κ3) is 2.62. The Kier molecular flexibility index (Phi) is 3.84. The van der Waals surface area contributed by atoms with Crippen molar-refractivity contribution in [3.8, 4) is 5.75 Å². The van der Waals surface area contributed by atoms with Crippen LogP contribution >= 0.6 is 0 Å². The van der Waals surface area contributed by atoms with Crippen LogP contribution in [0.4, 0.5) is 0 Å². The van der Waals surface area contributed by atoms with Crippen LogP contribution in [0.25, 0.3) is 0 Å². The van der Waals surface area contributed by atoms with Crippen LogP contribution in [0.15, 0.2) is 30.2 Å².